The van der Waals surface area contributed by atoms with Crippen LogP contribution in [-0.4, -0.2) is 47.9 Å². The number of nitrogens with zero attached hydrogens (tertiary/aromatic N) is 4. The second kappa shape index (κ2) is 5.35. The van der Waals surface area contributed by atoms with Gasteiger partial charge in [0.15, 0.2) is 9.84 Å². The fourth-order valence-electron chi connectivity index (χ4n) is 3.06. The van der Waals surface area contributed by atoms with Crippen LogP contribution in [0.2, 0.25) is 0 Å². The van der Waals surface area contributed by atoms with Crippen molar-refractivity contribution in [3.05, 3.63) is 30.4 Å². The molecular formula is C14H19N5O2S. The van der Waals surface area contributed by atoms with Gasteiger partial charge in [-0.15, -0.1) is 0 Å². The summed E-state index contributed by atoms with van der Waals surface area (Å²) in [5, 5.41) is 6.85. The van der Waals surface area contributed by atoms with Gasteiger partial charge in [0, 0.05) is 37.2 Å². The molecule has 0 amide bonds. The lowest BCUT2D eigenvalue weighted by atomic mass is 9.79. The molecule has 1 aliphatic heterocycles. The maximum absolute atomic E-state index is 12.0. The van der Waals surface area contributed by atoms with Crippen LogP contribution in [0.15, 0.2) is 29.6 Å². The van der Waals surface area contributed by atoms with Crippen LogP contribution in [0.5, 0.6) is 0 Å². The standard InChI is InChI=1S/C14H19N5O2S/c1-14(12-11(9-17-18-12)22(2,20)21)5-3-8-19(10-14)13-15-6-4-7-16-13/h4,6-7,9H,3,5,8,10H2,1-2H3,(H,17,18)/t14-/m0/s1. The van der Waals surface area contributed by atoms with Crippen molar-refractivity contribution in [2.75, 3.05) is 24.2 Å². The van der Waals surface area contributed by atoms with E-state index in [4.69, 9.17) is 0 Å². The number of hydrogen-bond acceptors (Lipinski definition) is 6. The van der Waals surface area contributed by atoms with Crippen molar-refractivity contribution >= 4 is 15.8 Å². The summed E-state index contributed by atoms with van der Waals surface area (Å²) in [6.45, 7) is 3.58. The molecule has 8 heteroatoms. The zero-order valence-electron chi connectivity index (χ0n) is 12.7. The lowest BCUT2D eigenvalue weighted by Gasteiger charge is -2.40. The van der Waals surface area contributed by atoms with Gasteiger partial charge in [-0.05, 0) is 18.9 Å². The van der Waals surface area contributed by atoms with Crippen molar-refractivity contribution in [3.8, 4) is 0 Å². The SMILES string of the molecule is C[C@]1(c2[nH]ncc2S(C)(=O)=O)CCCN(c2ncccn2)C1. The third-order valence-corrected chi connectivity index (χ3v) is 5.25. The van der Waals surface area contributed by atoms with E-state index in [2.05, 4.69) is 32.0 Å². The maximum atomic E-state index is 12.0. The van der Waals surface area contributed by atoms with E-state index in [1.165, 1.54) is 12.5 Å². The molecule has 1 N–H and O–H groups in total. The molecule has 2 aromatic rings. The molecule has 1 aliphatic rings. The molecule has 0 saturated carbocycles. The van der Waals surface area contributed by atoms with Crippen LogP contribution in [-0.2, 0) is 15.3 Å². The summed E-state index contributed by atoms with van der Waals surface area (Å²) >= 11 is 0. The number of aromatic nitrogens is 4. The van der Waals surface area contributed by atoms with E-state index in [-0.39, 0.29) is 10.3 Å². The monoisotopic (exact) mass is 321 g/mol. The number of hydrogen-bond donors (Lipinski definition) is 1. The largest absolute Gasteiger partial charge is 0.340 e. The van der Waals surface area contributed by atoms with E-state index in [9.17, 15) is 8.42 Å². The van der Waals surface area contributed by atoms with Crippen LogP contribution in [0.1, 0.15) is 25.5 Å². The molecule has 3 rings (SSSR count). The van der Waals surface area contributed by atoms with Crippen LogP contribution >= 0.6 is 0 Å². The second-order valence-corrected chi connectivity index (χ2v) is 8.00. The second-order valence-electron chi connectivity index (χ2n) is 6.02. The Morgan fingerprint density at radius 1 is 1.32 bits per heavy atom. The average molecular weight is 321 g/mol. The molecule has 1 saturated heterocycles. The van der Waals surface area contributed by atoms with Crippen LogP contribution in [0.25, 0.3) is 0 Å². The lowest BCUT2D eigenvalue weighted by Crippen LogP contribution is -2.45. The molecule has 118 valence electrons. The van der Waals surface area contributed by atoms with E-state index in [1.54, 1.807) is 18.5 Å². The number of anilines is 1. The Morgan fingerprint density at radius 2 is 2.05 bits per heavy atom. The van der Waals surface area contributed by atoms with Gasteiger partial charge in [0.2, 0.25) is 5.95 Å². The number of sulfone groups is 1. The first-order chi connectivity index (χ1) is 10.4. The fraction of sp³-hybridized carbons (Fsp3) is 0.500. The summed E-state index contributed by atoms with van der Waals surface area (Å²) < 4.78 is 23.9. The molecule has 0 bridgehead atoms. The predicted octanol–water partition coefficient (Wildman–Crippen LogP) is 1.16. The highest BCUT2D eigenvalue weighted by molar-refractivity contribution is 7.90. The third kappa shape index (κ3) is 2.70. The van der Waals surface area contributed by atoms with Gasteiger partial charge in [0.1, 0.15) is 4.90 Å². The van der Waals surface area contributed by atoms with Gasteiger partial charge < -0.3 is 4.90 Å². The van der Waals surface area contributed by atoms with E-state index in [0.717, 1.165) is 19.4 Å². The first-order valence-corrected chi connectivity index (χ1v) is 9.05. The smallest absolute Gasteiger partial charge is 0.225 e. The molecule has 0 aromatic carbocycles. The molecule has 22 heavy (non-hydrogen) atoms. The predicted molar refractivity (Wildman–Crippen MR) is 82.5 cm³/mol. The molecule has 0 spiro atoms. The summed E-state index contributed by atoms with van der Waals surface area (Å²) in [4.78, 5) is 11.0. The Labute approximate surface area is 129 Å². The van der Waals surface area contributed by atoms with Crippen LogP contribution in [0.3, 0.4) is 0 Å². The summed E-state index contributed by atoms with van der Waals surface area (Å²) in [6.07, 6.45) is 7.87. The Kier molecular flexibility index (Phi) is 3.64. The normalized spacial score (nSPS) is 22.7. The van der Waals surface area contributed by atoms with Crippen molar-refractivity contribution < 1.29 is 8.42 Å². The zero-order valence-corrected chi connectivity index (χ0v) is 13.5. The third-order valence-electron chi connectivity index (χ3n) is 4.14. The van der Waals surface area contributed by atoms with Crippen LogP contribution in [0.4, 0.5) is 5.95 Å². The minimum Gasteiger partial charge on any atom is -0.340 e. The van der Waals surface area contributed by atoms with Crippen LogP contribution in [0, 0.1) is 0 Å². The average Bonchev–Trinajstić information content (AvgIpc) is 2.99. The summed E-state index contributed by atoms with van der Waals surface area (Å²) in [5.41, 5.74) is 0.349. The molecule has 0 radical (unpaired) electrons. The number of piperidine rings is 1. The molecule has 0 unspecified atom stereocenters. The first-order valence-electron chi connectivity index (χ1n) is 7.16. The quantitative estimate of drug-likeness (QED) is 0.912. The van der Waals surface area contributed by atoms with Gasteiger partial charge in [-0.3, -0.25) is 5.10 Å². The summed E-state index contributed by atoms with van der Waals surface area (Å²) in [6, 6.07) is 1.78. The van der Waals surface area contributed by atoms with E-state index in [0.29, 0.717) is 18.2 Å². The lowest BCUT2D eigenvalue weighted by molar-refractivity contribution is 0.355. The van der Waals surface area contributed by atoms with E-state index in [1.807, 2.05) is 0 Å². The fourth-order valence-corrected chi connectivity index (χ4v) is 3.96. The van der Waals surface area contributed by atoms with Crippen molar-refractivity contribution in [3.63, 3.8) is 0 Å². The van der Waals surface area contributed by atoms with Crippen molar-refractivity contribution in [1.82, 2.24) is 20.2 Å². The van der Waals surface area contributed by atoms with Crippen LogP contribution < -0.4 is 4.90 Å². The minimum atomic E-state index is -3.30. The molecule has 1 atom stereocenters. The molecule has 0 aliphatic carbocycles. The Balaban J connectivity index is 1.95. The molecule has 7 nitrogen and oxygen atoms in total. The van der Waals surface area contributed by atoms with Gasteiger partial charge in [0.05, 0.1) is 11.9 Å². The number of nitrogens with one attached hydrogen (secondary N) is 1. The summed E-state index contributed by atoms with van der Waals surface area (Å²) in [5.74, 6) is 0.675. The van der Waals surface area contributed by atoms with Crippen molar-refractivity contribution in [2.24, 2.45) is 0 Å². The van der Waals surface area contributed by atoms with Crippen molar-refractivity contribution in [1.29, 1.82) is 0 Å². The maximum Gasteiger partial charge on any atom is 0.225 e. The highest BCUT2D eigenvalue weighted by Gasteiger charge is 2.38. The molecular weight excluding hydrogens is 302 g/mol. The van der Waals surface area contributed by atoms with Gasteiger partial charge in [-0.2, -0.15) is 5.10 Å². The first kappa shape index (κ1) is 15.0. The Hall–Kier alpha value is -1.96. The Morgan fingerprint density at radius 3 is 2.73 bits per heavy atom. The van der Waals surface area contributed by atoms with E-state index < -0.39 is 9.84 Å². The molecule has 1 fully saturated rings. The minimum absolute atomic E-state index is 0.283. The van der Waals surface area contributed by atoms with Gasteiger partial charge in [-0.1, -0.05) is 6.92 Å². The molecule has 3 heterocycles. The van der Waals surface area contributed by atoms with Gasteiger partial charge in [-0.25, -0.2) is 18.4 Å². The summed E-state index contributed by atoms with van der Waals surface area (Å²) in [7, 11) is -3.30. The highest BCUT2D eigenvalue weighted by atomic mass is 32.2. The van der Waals surface area contributed by atoms with Crippen molar-refractivity contribution in [2.45, 2.75) is 30.1 Å². The number of rotatable bonds is 3. The topological polar surface area (TPSA) is 91.8 Å². The Bertz CT molecular complexity index is 759. The van der Waals surface area contributed by atoms with E-state index >= 15 is 0 Å². The number of aromatic amines is 1. The van der Waals surface area contributed by atoms with Gasteiger partial charge >= 0.3 is 0 Å². The number of H-pyrrole nitrogens is 1. The molecule has 2 aromatic heterocycles. The highest BCUT2D eigenvalue weighted by Crippen LogP contribution is 2.36. The zero-order chi connectivity index (χ0) is 15.8. The van der Waals surface area contributed by atoms with Gasteiger partial charge in [0.25, 0.3) is 0 Å².